The summed E-state index contributed by atoms with van der Waals surface area (Å²) in [6.45, 7) is 2.54. The van der Waals surface area contributed by atoms with Crippen LogP contribution in [0.4, 0.5) is 0 Å². The second-order valence-corrected chi connectivity index (χ2v) is 5.33. The topological polar surface area (TPSA) is 72.3 Å². The third kappa shape index (κ3) is 2.07. The highest BCUT2D eigenvalue weighted by molar-refractivity contribution is 7.71. The molecule has 1 fully saturated rings. The number of rotatable bonds is 2. The summed E-state index contributed by atoms with van der Waals surface area (Å²) in [6, 6.07) is 1.88. The van der Waals surface area contributed by atoms with Gasteiger partial charge in [-0.05, 0) is 19.4 Å². The lowest BCUT2D eigenvalue weighted by molar-refractivity contribution is -0.215. The average molecular weight is 295 g/mol. The molecule has 2 aromatic rings. The predicted octanol–water partition coefficient (Wildman–Crippen LogP) is 1.70. The minimum absolute atomic E-state index is 0.112. The summed E-state index contributed by atoms with van der Waals surface area (Å²) < 4.78 is 13.2. The van der Waals surface area contributed by atoms with Gasteiger partial charge in [0, 0.05) is 12.8 Å². The number of aliphatic hydroxyl groups excluding tert-OH is 1. The van der Waals surface area contributed by atoms with E-state index in [0.29, 0.717) is 17.7 Å². The SMILES string of the molecule is CO[C@H]1OCC[C@H](n2c(C)cc3c(=S)nc[nH]c32)[C@H]1O. The molecule has 1 aliphatic heterocycles. The Balaban J connectivity index is 2.12. The van der Waals surface area contributed by atoms with E-state index in [4.69, 9.17) is 21.7 Å². The van der Waals surface area contributed by atoms with Crippen molar-refractivity contribution >= 4 is 23.3 Å². The lowest BCUT2D eigenvalue weighted by Crippen LogP contribution is -2.43. The van der Waals surface area contributed by atoms with Crippen LogP contribution in [0.2, 0.25) is 0 Å². The zero-order chi connectivity index (χ0) is 14.3. The number of hydrogen-bond acceptors (Lipinski definition) is 5. The molecule has 20 heavy (non-hydrogen) atoms. The molecular formula is C13H17N3O3S. The van der Waals surface area contributed by atoms with Crippen molar-refractivity contribution in [2.75, 3.05) is 13.7 Å². The molecule has 0 aromatic carbocycles. The van der Waals surface area contributed by atoms with Crippen molar-refractivity contribution < 1.29 is 14.6 Å². The van der Waals surface area contributed by atoms with Crippen LogP contribution < -0.4 is 0 Å². The van der Waals surface area contributed by atoms with Crippen LogP contribution in [0.25, 0.3) is 11.0 Å². The van der Waals surface area contributed by atoms with E-state index in [1.54, 1.807) is 6.33 Å². The largest absolute Gasteiger partial charge is 0.386 e. The fourth-order valence-electron chi connectivity index (χ4n) is 2.86. The van der Waals surface area contributed by atoms with E-state index in [2.05, 4.69) is 14.5 Å². The van der Waals surface area contributed by atoms with Crippen LogP contribution in [0, 0.1) is 11.6 Å². The predicted molar refractivity (Wildman–Crippen MR) is 76.1 cm³/mol. The summed E-state index contributed by atoms with van der Waals surface area (Å²) in [7, 11) is 1.54. The van der Waals surface area contributed by atoms with Crippen LogP contribution in [0.1, 0.15) is 18.2 Å². The number of nitrogens with one attached hydrogen (secondary N) is 1. The van der Waals surface area contributed by atoms with Crippen molar-refractivity contribution in [2.45, 2.75) is 31.8 Å². The van der Waals surface area contributed by atoms with E-state index in [0.717, 1.165) is 16.7 Å². The number of ether oxygens (including phenoxy) is 2. The highest BCUT2D eigenvalue weighted by atomic mass is 32.1. The fourth-order valence-corrected chi connectivity index (χ4v) is 3.07. The number of aromatic amines is 1. The molecule has 2 aromatic heterocycles. The van der Waals surface area contributed by atoms with Crippen molar-refractivity contribution in [1.82, 2.24) is 14.5 Å². The number of H-pyrrole nitrogens is 1. The summed E-state index contributed by atoms with van der Waals surface area (Å²) in [5.41, 5.74) is 1.90. The van der Waals surface area contributed by atoms with Gasteiger partial charge in [0.15, 0.2) is 6.29 Å². The van der Waals surface area contributed by atoms with Gasteiger partial charge in [0.2, 0.25) is 0 Å². The number of methoxy groups -OCH3 is 1. The minimum Gasteiger partial charge on any atom is -0.386 e. The molecule has 108 valence electrons. The normalized spacial score (nSPS) is 27.1. The van der Waals surface area contributed by atoms with E-state index < -0.39 is 12.4 Å². The van der Waals surface area contributed by atoms with Gasteiger partial charge in [-0.25, -0.2) is 4.98 Å². The maximum Gasteiger partial charge on any atom is 0.185 e. The Labute approximate surface area is 121 Å². The second kappa shape index (κ2) is 5.25. The smallest absolute Gasteiger partial charge is 0.185 e. The summed E-state index contributed by atoms with van der Waals surface area (Å²) >= 11 is 5.25. The number of hydrogen-bond donors (Lipinski definition) is 2. The van der Waals surface area contributed by atoms with Crippen LogP contribution in [0.5, 0.6) is 0 Å². The molecule has 3 rings (SSSR count). The zero-order valence-electron chi connectivity index (χ0n) is 11.4. The quantitative estimate of drug-likeness (QED) is 0.825. The van der Waals surface area contributed by atoms with E-state index in [-0.39, 0.29) is 6.04 Å². The summed E-state index contributed by atoms with van der Waals surface area (Å²) in [6.07, 6.45) is 0.975. The molecule has 0 amide bonds. The van der Waals surface area contributed by atoms with Crippen molar-refractivity contribution in [3.8, 4) is 0 Å². The number of aromatic nitrogens is 3. The molecule has 0 bridgehead atoms. The Bertz CT molecular complexity index is 681. The zero-order valence-corrected chi connectivity index (χ0v) is 12.2. The molecule has 6 nitrogen and oxygen atoms in total. The number of aryl methyl sites for hydroxylation is 1. The Morgan fingerprint density at radius 1 is 1.60 bits per heavy atom. The van der Waals surface area contributed by atoms with Gasteiger partial charge in [0.1, 0.15) is 16.4 Å². The van der Waals surface area contributed by atoms with Gasteiger partial charge in [-0.2, -0.15) is 0 Å². The van der Waals surface area contributed by atoms with Crippen molar-refractivity contribution in [3.63, 3.8) is 0 Å². The van der Waals surface area contributed by atoms with E-state index in [1.807, 2.05) is 13.0 Å². The molecule has 0 unspecified atom stereocenters. The monoisotopic (exact) mass is 295 g/mol. The second-order valence-electron chi connectivity index (χ2n) is 4.95. The van der Waals surface area contributed by atoms with Gasteiger partial charge < -0.3 is 24.1 Å². The Hall–Kier alpha value is -1.28. The lowest BCUT2D eigenvalue weighted by atomic mass is 10.0. The van der Waals surface area contributed by atoms with Crippen LogP contribution in [-0.2, 0) is 9.47 Å². The molecule has 3 atom stereocenters. The van der Waals surface area contributed by atoms with Crippen molar-refractivity contribution in [3.05, 3.63) is 22.7 Å². The molecule has 1 aliphatic rings. The van der Waals surface area contributed by atoms with Crippen LogP contribution >= 0.6 is 12.2 Å². The molecule has 7 heteroatoms. The third-order valence-corrected chi connectivity index (χ3v) is 4.10. The fraction of sp³-hybridized carbons (Fsp3) is 0.538. The number of aliphatic hydroxyl groups is 1. The van der Waals surface area contributed by atoms with Gasteiger partial charge >= 0.3 is 0 Å². The maximum absolute atomic E-state index is 10.4. The highest BCUT2D eigenvalue weighted by Crippen LogP contribution is 2.31. The van der Waals surface area contributed by atoms with Gasteiger partial charge in [-0.1, -0.05) is 12.2 Å². The van der Waals surface area contributed by atoms with Gasteiger partial charge in [0.05, 0.1) is 24.4 Å². The molecule has 1 saturated heterocycles. The van der Waals surface area contributed by atoms with Crippen LogP contribution in [0.15, 0.2) is 12.4 Å². The minimum atomic E-state index is -0.724. The first-order valence-corrected chi connectivity index (χ1v) is 6.92. The average Bonchev–Trinajstić information content (AvgIpc) is 2.77. The summed E-state index contributed by atoms with van der Waals surface area (Å²) in [5.74, 6) is 0. The first kappa shape index (κ1) is 13.7. The van der Waals surface area contributed by atoms with Crippen molar-refractivity contribution in [2.24, 2.45) is 0 Å². The molecule has 0 aliphatic carbocycles. The standard InChI is InChI=1S/C13H17N3O3S/c1-7-5-8-11(14-6-15-12(8)20)16(7)9-3-4-19-13(18-2)10(9)17/h5-6,9-10,13,17H,3-4H2,1-2H3,(H,14,15,20)/t9-,10+,13-/m0/s1. The molecular weight excluding hydrogens is 278 g/mol. The van der Waals surface area contributed by atoms with E-state index in [9.17, 15) is 5.11 Å². The van der Waals surface area contributed by atoms with E-state index >= 15 is 0 Å². The van der Waals surface area contributed by atoms with E-state index in [1.165, 1.54) is 7.11 Å². The van der Waals surface area contributed by atoms with Gasteiger partial charge in [-0.15, -0.1) is 0 Å². The van der Waals surface area contributed by atoms with Gasteiger partial charge in [0.25, 0.3) is 0 Å². The first-order chi connectivity index (χ1) is 9.63. The third-order valence-electron chi connectivity index (χ3n) is 3.78. The Morgan fingerprint density at radius 3 is 3.15 bits per heavy atom. The maximum atomic E-state index is 10.4. The molecule has 3 heterocycles. The molecule has 2 N–H and O–H groups in total. The molecule has 0 saturated carbocycles. The van der Waals surface area contributed by atoms with Crippen molar-refractivity contribution in [1.29, 1.82) is 0 Å². The molecule has 0 spiro atoms. The number of fused-ring (bicyclic) bond motifs is 1. The van der Waals surface area contributed by atoms with Crippen LogP contribution in [-0.4, -0.2) is 45.8 Å². The Kier molecular flexibility index (Phi) is 3.59. The van der Waals surface area contributed by atoms with Gasteiger partial charge in [-0.3, -0.25) is 0 Å². The van der Waals surface area contributed by atoms with Crippen LogP contribution in [0.3, 0.4) is 0 Å². The highest BCUT2D eigenvalue weighted by Gasteiger charge is 2.35. The first-order valence-electron chi connectivity index (χ1n) is 6.51. The summed E-state index contributed by atoms with van der Waals surface area (Å²) in [4.78, 5) is 7.22. The number of nitrogens with zero attached hydrogens (tertiary/aromatic N) is 2. The molecule has 0 radical (unpaired) electrons. The Morgan fingerprint density at radius 2 is 2.40 bits per heavy atom. The summed E-state index contributed by atoms with van der Waals surface area (Å²) in [5, 5.41) is 11.3. The lowest BCUT2D eigenvalue weighted by Gasteiger charge is -2.35.